The molecular weight excluding hydrogens is 295 g/mol. The van der Waals surface area contributed by atoms with Crippen molar-refractivity contribution in [1.82, 2.24) is 10.6 Å². The number of piperidine rings is 1. The molecule has 0 aromatic heterocycles. The van der Waals surface area contributed by atoms with Gasteiger partial charge in [-0.3, -0.25) is 4.79 Å². The fourth-order valence-corrected chi connectivity index (χ4v) is 2.69. The Morgan fingerprint density at radius 2 is 2.25 bits per heavy atom. The molecular formula is C15H22Cl2N2O. The Balaban J connectivity index is 0.00000200. The number of halogens is 2. The van der Waals surface area contributed by atoms with Crippen LogP contribution in [0.5, 0.6) is 0 Å². The van der Waals surface area contributed by atoms with Gasteiger partial charge in [0, 0.05) is 23.7 Å². The monoisotopic (exact) mass is 316 g/mol. The van der Waals surface area contributed by atoms with Crippen molar-refractivity contribution in [2.75, 3.05) is 19.6 Å². The highest BCUT2D eigenvalue weighted by atomic mass is 35.5. The maximum Gasteiger partial charge on any atom is 0.251 e. The van der Waals surface area contributed by atoms with Crippen molar-refractivity contribution >= 4 is 29.9 Å². The van der Waals surface area contributed by atoms with Gasteiger partial charge in [0.1, 0.15) is 0 Å². The third-order valence-electron chi connectivity index (χ3n) is 3.87. The first-order chi connectivity index (χ1) is 9.02. The molecule has 1 aliphatic heterocycles. The molecule has 1 aromatic carbocycles. The number of carbonyl (C=O) groups is 1. The summed E-state index contributed by atoms with van der Waals surface area (Å²) in [5.74, 6) is -0.0354. The number of carbonyl (C=O) groups excluding carboxylic acids is 1. The maximum atomic E-state index is 12.2. The minimum absolute atomic E-state index is 0. The van der Waals surface area contributed by atoms with Gasteiger partial charge in [-0.2, -0.15) is 0 Å². The molecule has 2 rings (SSSR count). The van der Waals surface area contributed by atoms with Crippen LogP contribution in [0.15, 0.2) is 18.2 Å². The van der Waals surface area contributed by atoms with E-state index in [-0.39, 0.29) is 23.7 Å². The minimum atomic E-state index is -0.0354. The lowest BCUT2D eigenvalue weighted by Crippen LogP contribution is -2.45. The lowest BCUT2D eigenvalue weighted by atomic mass is 9.83. The summed E-state index contributed by atoms with van der Waals surface area (Å²) < 4.78 is 0. The van der Waals surface area contributed by atoms with Crippen LogP contribution in [0.2, 0.25) is 5.02 Å². The molecule has 1 saturated heterocycles. The minimum Gasteiger partial charge on any atom is -0.351 e. The maximum absolute atomic E-state index is 12.2. The van der Waals surface area contributed by atoms with E-state index in [2.05, 4.69) is 17.6 Å². The number of rotatable bonds is 3. The molecule has 1 aromatic rings. The number of nitrogens with one attached hydrogen (secondary N) is 2. The smallest absolute Gasteiger partial charge is 0.251 e. The van der Waals surface area contributed by atoms with Crippen LogP contribution in [0.4, 0.5) is 0 Å². The van der Waals surface area contributed by atoms with E-state index < -0.39 is 0 Å². The molecule has 5 heteroatoms. The Morgan fingerprint density at radius 1 is 1.50 bits per heavy atom. The average molecular weight is 317 g/mol. The summed E-state index contributed by atoms with van der Waals surface area (Å²) in [6.45, 7) is 6.83. The second-order valence-electron chi connectivity index (χ2n) is 5.69. The topological polar surface area (TPSA) is 41.1 Å². The zero-order chi connectivity index (χ0) is 13.9. The van der Waals surface area contributed by atoms with Gasteiger partial charge in [0.25, 0.3) is 5.91 Å². The van der Waals surface area contributed by atoms with Crippen molar-refractivity contribution in [3.05, 3.63) is 34.3 Å². The van der Waals surface area contributed by atoms with Crippen LogP contribution in [-0.4, -0.2) is 25.5 Å². The van der Waals surface area contributed by atoms with Crippen LogP contribution in [0, 0.1) is 12.3 Å². The standard InChI is InChI=1S/C15H21ClN2O.ClH/c1-11-12(5-3-6-13(11)16)14(19)18-10-15(2)7-4-8-17-9-15;/h3,5-6,17H,4,7-10H2,1-2H3,(H,18,19);1H. The zero-order valence-corrected chi connectivity index (χ0v) is 13.5. The van der Waals surface area contributed by atoms with Crippen molar-refractivity contribution in [2.24, 2.45) is 5.41 Å². The van der Waals surface area contributed by atoms with Gasteiger partial charge in [-0.05, 0) is 49.4 Å². The first-order valence-electron chi connectivity index (χ1n) is 6.76. The zero-order valence-electron chi connectivity index (χ0n) is 12.0. The molecule has 1 aliphatic rings. The van der Waals surface area contributed by atoms with E-state index in [4.69, 9.17) is 11.6 Å². The SMILES string of the molecule is Cc1c(Cl)cccc1C(=O)NCC1(C)CCCNC1.Cl. The second-order valence-corrected chi connectivity index (χ2v) is 6.09. The van der Waals surface area contributed by atoms with Gasteiger partial charge >= 0.3 is 0 Å². The van der Waals surface area contributed by atoms with Gasteiger partial charge in [-0.1, -0.05) is 24.6 Å². The largest absolute Gasteiger partial charge is 0.351 e. The van der Waals surface area contributed by atoms with Crippen LogP contribution in [0.1, 0.15) is 35.7 Å². The number of hydrogen-bond donors (Lipinski definition) is 2. The van der Waals surface area contributed by atoms with E-state index in [0.717, 1.165) is 25.1 Å². The quantitative estimate of drug-likeness (QED) is 0.899. The van der Waals surface area contributed by atoms with Gasteiger partial charge < -0.3 is 10.6 Å². The highest BCUT2D eigenvalue weighted by Gasteiger charge is 2.27. The predicted molar refractivity (Wildman–Crippen MR) is 86.0 cm³/mol. The van der Waals surface area contributed by atoms with Crippen LogP contribution in [0.3, 0.4) is 0 Å². The molecule has 1 fully saturated rings. The van der Waals surface area contributed by atoms with Gasteiger partial charge in [0.05, 0.1) is 0 Å². The third kappa shape index (κ3) is 4.11. The molecule has 0 radical (unpaired) electrons. The predicted octanol–water partition coefficient (Wildman–Crippen LogP) is 3.19. The average Bonchev–Trinajstić information content (AvgIpc) is 2.40. The van der Waals surface area contributed by atoms with E-state index in [1.165, 1.54) is 6.42 Å². The fraction of sp³-hybridized carbons (Fsp3) is 0.533. The highest BCUT2D eigenvalue weighted by Crippen LogP contribution is 2.24. The first-order valence-corrected chi connectivity index (χ1v) is 7.14. The lowest BCUT2D eigenvalue weighted by molar-refractivity contribution is 0.0924. The number of amides is 1. The van der Waals surface area contributed by atoms with Crippen LogP contribution in [0.25, 0.3) is 0 Å². The molecule has 1 amide bonds. The summed E-state index contributed by atoms with van der Waals surface area (Å²) in [7, 11) is 0. The van der Waals surface area contributed by atoms with E-state index in [9.17, 15) is 4.79 Å². The molecule has 0 spiro atoms. The summed E-state index contributed by atoms with van der Waals surface area (Å²) in [6, 6.07) is 5.44. The Labute approximate surface area is 131 Å². The second kappa shape index (κ2) is 7.30. The first kappa shape index (κ1) is 17.3. The van der Waals surface area contributed by atoms with E-state index in [0.29, 0.717) is 17.1 Å². The Bertz CT molecular complexity index is 471. The van der Waals surface area contributed by atoms with E-state index >= 15 is 0 Å². The number of benzene rings is 1. The summed E-state index contributed by atoms with van der Waals surface area (Å²) in [6.07, 6.45) is 2.32. The molecule has 112 valence electrons. The molecule has 0 bridgehead atoms. The van der Waals surface area contributed by atoms with Gasteiger partial charge in [0.15, 0.2) is 0 Å². The summed E-state index contributed by atoms with van der Waals surface area (Å²) in [5, 5.41) is 7.06. The van der Waals surface area contributed by atoms with Crippen molar-refractivity contribution in [3.63, 3.8) is 0 Å². The molecule has 0 saturated carbocycles. The van der Waals surface area contributed by atoms with Crippen LogP contribution < -0.4 is 10.6 Å². The van der Waals surface area contributed by atoms with Gasteiger partial charge in [-0.25, -0.2) is 0 Å². The lowest BCUT2D eigenvalue weighted by Gasteiger charge is -2.34. The third-order valence-corrected chi connectivity index (χ3v) is 4.28. The van der Waals surface area contributed by atoms with Gasteiger partial charge in [0.2, 0.25) is 0 Å². The normalized spacial score (nSPS) is 21.9. The molecule has 1 atom stereocenters. The fourth-order valence-electron chi connectivity index (χ4n) is 2.51. The molecule has 20 heavy (non-hydrogen) atoms. The Morgan fingerprint density at radius 3 is 2.90 bits per heavy atom. The summed E-state index contributed by atoms with van der Waals surface area (Å²) in [5.41, 5.74) is 1.66. The van der Waals surface area contributed by atoms with E-state index in [1.807, 2.05) is 19.1 Å². The van der Waals surface area contributed by atoms with Crippen molar-refractivity contribution in [2.45, 2.75) is 26.7 Å². The van der Waals surface area contributed by atoms with Crippen LogP contribution >= 0.6 is 24.0 Å². The van der Waals surface area contributed by atoms with Crippen LogP contribution in [-0.2, 0) is 0 Å². The van der Waals surface area contributed by atoms with Gasteiger partial charge in [-0.15, -0.1) is 12.4 Å². The molecule has 1 heterocycles. The molecule has 2 N–H and O–H groups in total. The van der Waals surface area contributed by atoms with Crippen molar-refractivity contribution in [3.8, 4) is 0 Å². The molecule has 0 aliphatic carbocycles. The Kier molecular flexibility index (Phi) is 6.31. The summed E-state index contributed by atoms with van der Waals surface area (Å²) >= 11 is 6.04. The number of hydrogen-bond acceptors (Lipinski definition) is 2. The summed E-state index contributed by atoms with van der Waals surface area (Å²) in [4.78, 5) is 12.2. The molecule has 1 unspecified atom stereocenters. The van der Waals surface area contributed by atoms with Crippen molar-refractivity contribution in [1.29, 1.82) is 0 Å². The van der Waals surface area contributed by atoms with E-state index in [1.54, 1.807) is 6.07 Å². The highest BCUT2D eigenvalue weighted by molar-refractivity contribution is 6.31. The molecule has 3 nitrogen and oxygen atoms in total. The van der Waals surface area contributed by atoms with Crippen molar-refractivity contribution < 1.29 is 4.79 Å². The Hall–Kier alpha value is -0.770.